The maximum absolute atomic E-state index is 13.1. The molecule has 0 bridgehead atoms. The molecule has 3 amide bonds. The third-order valence-corrected chi connectivity index (χ3v) is 5.93. The molecule has 0 spiro atoms. The minimum atomic E-state index is -1.74. The van der Waals surface area contributed by atoms with Crippen LogP contribution in [0.3, 0.4) is 0 Å². The van der Waals surface area contributed by atoms with E-state index in [0.717, 1.165) is 5.56 Å². The Bertz CT molecular complexity index is 955. The standard InChI is InChI=1S/C25H33Cl3N4O5/c1-3-4-12-21(33)30-19(14-13-18-9-6-5-7-10-18)22(34)29-17(2)23(35)32-15-8-11-20(31-32)24(36)37-16-25(26,27)28/h3-7,9-10,17,19-20,31H,8,11-16H2,1-2H3,(H,29,34)(H,30,33)/b4-3+/t17-,19-,20-/m0/s1. The molecule has 1 saturated heterocycles. The molecule has 1 aliphatic rings. The summed E-state index contributed by atoms with van der Waals surface area (Å²) in [5, 5.41) is 6.73. The van der Waals surface area contributed by atoms with Crippen LogP contribution < -0.4 is 16.1 Å². The molecule has 37 heavy (non-hydrogen) atoms. The quantitative estimate of drug-likeness (QED) is 0.212. The van der Waals surface area contributed by atoms with Gasteiger partial charge in [-0.3, -0.25) is 24.2 Å². The number of aryl methyl sites for hydroxylation is 1. The highest BCUT2D eigenvalue weighted by atomic mass is 35.6. The van der Waals surface area contributed by atoms with Gasteiger partial charge in [0, 0.05) is 13.0 Å². The monoisotopic (exact) mass is 574 g/mol. The first-order valence-electron chi connectivity index (χ1n) is 12.1. The first-order chi connectivity index (χ1) is 17.5. The SMILES string of the molecule is C/C=C/CC(=O)N[C@@H](CCc1ccccc1)C(=O)N[C@@H](C)C(=O)N1CCC[C@@H](C(=O)OCC(Cl)(Cl)Cl)N1. The van der Waals surface area contributed by atoms with E-state index in [1.165, 1.54) is 5.01 Å². The number of amides is 3. The summed E-state index contributed by atoms with van der Waals surface area (Å²) in [4.78, 5) is 50.7. The molecule has 0 unspecified atom stereocenters. The number of ether oxygens (including phenoxy) is 1. The van der Waals surface area contributed by atoms with Crippen LogP contribution in [0.25, 0.3) is 0 Å². The molecule has 204 valence electrons. The summed E-state index contributed by atoms with van der Waals surface area (Å²) < 4.78 is 3.27. The van der Waals surface area contributed by atoms with E-state index in [1.807, 2.05) is 30.3 Å². The zero-order chi connectivity index (χ0) is 27.4. The van der Waals surface area contributed by atoms with Gasteiger partial charge in [-0.15, -0.1) is 0 Å². The van der Waals surface area contributed by atoms with Crippen molar-refractivity contribution in [3.8, 4) is 0 Å². The van der Waals surface area contributed by atoms with Gasteiger partial charge in [0.05, 0.1) is 0 Å². The van der Waals surface area contributed by atoms with Crippen LogP contribution in [0.15, 0.2) is 42.5 Å². The molecule has 1 aliphatic heterocycles. The lowest BCUT2D eigenvalue weighted by molar-refractivity contribution is -0.152. The van der Waals surface area contributed by atoms with Crippen LogP contribution in [-0.2, 0) is 30.3 Å². The zero-order valence-electron chi connectivity index (χ0n) is 20.8. The first-order valence-corrected chi connectivity index (χ1v) is 13.2. The van der Waals surface area contributed by atoms with Gasteiger partial charge in [0.2, 0.25) is 15.6 Å². The van der Waals surface area contributed by atoms with E-state index >= 15 is 0 Å². The fourth-order valence-corrected chi connectivity index (χ4v) is 3.84. The van der Waals surface area contributed by atoms with E-state index in [4.69, 9.17) is 39.5 Å². The summed E-state index contributed by atoms with van der Waals surface area (Å²) in [7, 11) is 0. The van der Waals surface area contributed by atoms with Gasteiger partial charge >= 0.3 is 5.97 Å². The Labute approximate surface area is 232 Å². The van der Waals surface area contributed by atoms with Crippen molar-refractivity contribution in [2.75, 3.05) is 13.2 Å². The molecular formula is C25H33Cl3N4O5. The van der Waals surface area contributed by atoms with Crippen LogP contribution >= 0.6 is 34.8 Å². The number of benzene rings is 1. The number of alkyl halides is 3. The van der Waals surface area contributed by atoms with Crippen molar-refractivity contribution >= 4 is 58.5 Å². The third-order valence-electron chi connectivity index (χ3n) is 5.60. The molecule has 0 aliphatic carbocycles. The van der Waals surface area contributed by atoms with E-state index < -0.39 is 46.3 Å². The fourth-order valence-electron chi connectivity index (χ4n) is 3.68. The minimum Gasteiger partial charge on any atom is -0.460 e. The average molecular weight is 576 g/mol. The molecule has 3 N–H and O–H groups in total. The Kier molecular flexibility index (Phi) is 12.7. The molecule has 9 nitrogen and oxygen atoms in total. The molecule has 0 radical (unpaired) electrons. The number of allylic oxidation sites excluding steroid dienone is 1. The average Bonchev–Trinajstić information content (AvgIpc) is 2.88. The number of nitrogens with one attached hydrogen (secondary N) is 3. The lowest BCUT2D eigenvalue weighted by Crippen LogP contribution is -2.60. The van der Waals surface area contributed by atoms with Gasteiger partial charge in [-0.1, -0.05) is 77.3 Å². The summed E-state index contributed by atoms with van der Waals surface area (Å²) in [5.41, 5.74) is 3.85. The van der Waals surface area contributed by atoms with Gasteiger partial charge in [-0.05, 0) is 45.1 Å². The molecular weight excluding hydrogens is 543 g/mol. The number of halogens is 3. The Morgan fingerprint density at radius 1 is 1.19 bits per heavy atom. The van der Waals surface area contributed by atoms with E-state index in [0.29, 0.717) is 32.2 Å². The number of carbonyl (C=O) groups is 4. The van der Waals surface area contributed by atoms with Crippen LogP contribution in [0.2, 0.25) is 0 Å². The maximum atomic E-state index is 13.1. The highest BCUT2D eigenvalue weighted by molar-refractivity contribution is 6.67. The molecule has 1 aromatic rings. The van der Waals surface area contributed by atoms with E-state index in [9.17, 15) is 19.2 Å². The van der Waals surface area contributed by atoms with Crippen molar-refractivity contribution in [3.63, 3.8) is 0 Å². The first kappa shape index (κ1) is 30.9. The summed E-state index contributed by atoms with van der Waals surface area (Å²) in [6.45, 7) is 3.27. The Balaban J connectivity index is 1.98. The lowest BCUT2D eigenvalue weighted by Gasteiger charge is -2.34. The Morgan fingerprint density at radius 2 is 1.89 bits per heavy atom. The topological polar surface area (TPSA) is 117 Å². The summed E-state index contributed by atoms with van der Waals surface area (Å²) in [6, 6.07) is 7.06. The van der Waals surface area contributed by atoms with Crippen molar-refractivity contribution in [1.29, 1.82) is 0 Å². The minimum absolute atomic E-state index is 0.146. The van der Waals surface area contributed by atoms with Crippen molar-refractivity contribution in [3.05, 3.63) is 48.0 Å². The van der Waals surface area contributed by atoms with E-state index in [2.05, 4.69) is 16.1 Å². The second-order valence-electron chi connectivity index (χ2n) is 8.68. The smallest absolute Gasteiger partial charge is 0.325 e. The maximum Gasteiger partial charge on any atom is 0.325 e. The molecule has 2 rings (SSSR count). The highest BCUT2D eigenvalue weighted by Gasteiger charge is 2.33. The van der Waals surface area contributed by atoms with E-state index in [-0.39, 0.29) is 12.3 Å². The number of hydrogen-bond acceptors (Lipinski definition) is 6. The number of rotatable bonds is 11. The predicted octanol–water partition coefficient (Wildman–Crippen LogP) is 2.98. The van der Waals surface area contributed by atoms with Gasteiger partial charge in [0.1, 0.15) is 24.7 Å². The molecule has 12 heteroatoms. The second kappa shape index (κ2) is 15.2. The Morgan fingerprint density at radius 3 is 2.54 bits per heavy atom. The summed E-state index contributed by atoms with van der Waals surface area (Å²) >= 11 is 16.9. The largest absolute Gasteiger partial charge is 0.460 e. The van der Waals surface area contributed by atoms with Crippen LogP contribution in [0.1, 0.15) is 45.1 Å². The fraction of sp³-hybridized carbons (Fsp3) is 0.520. The molecule has 1 fully saturated rings. The summed E-state index contributed by atoms with van der Waals surface area (Å²) in [5.74, 6) is -1.85. The van der Waals surface area contributed by atoms with Gasteiger partial charge in [-0.2, -0.15) is 0 Å². The van der Waals surface area contributed by atoms with Crippen LogP contribution in [-0.4, -0.2) is 63.8 Å². The van der Waals surface area contributed by atoms with Crippen molar-refractivity contribution < 1.29 is 23.9 Å². The van der Waals surface area contributed by atoms with Crippen LogP contribution in [0, 0.1) is 0 Å². The third kappa shape index (κ3) is 11.3. The van der Waals surface area contributed by atoms with Gasteiger partial charge < -0.3 is 15.4 Å². The molecule has 0 saturated carbocycles. The number of hydrogen-bond donors (Lipinski definition) is 3. The predicted molar refractivity (Wildman–Crippen MR) is 143 cm³/mol. The van der Waals surface area contributed by atoms with Crippen molar-refractivity contribution in [2.24, 2.45) is 0 Å². The van der Waals surface area contributed by atoms with Gasteiger partial charge in [-0.25, -0.2) is 5.43 Å². The second-order valence-corrected chi connectivity index (χ2v) is 11.2. The van der Waals surface area contributed by atoms with Gasteiger partial charge in [0.15, 0.2) is 0 Å². The number of hydrazine groups is 1. The number of carbonyl (C=O) groups excluding carboxylic acids is 4. The highest BCUT2D eigenvalue weighted by Crippen LogP contribution is 2.26. The Hall–Kier alpha value is -2.33. The van der Waals surface area contributed by atoms with Crippen LogP contribution in [0.5, 0.6) is 0 Å². The van der Waals surface area contributed by atoms with Crippen molar-refractivity contribution in [1.82, 2.24) is 21.1 Å². The normalized spacial score (nSPS) is 17.6. The molecule has 3 atom stereocenters. The number of nitrogens with zero attached hydrogens (tertiary/aromatic N) is 1. The number of esters is 1. The molecule has 1 aromatic carbocycles. The molecule has 0 aromatic heterocycles. The van der Waals surface area contributed by atoms with Gasteiger partial charge in [0.25, 0.3) is 5.91 Å². The van der Waals surface area contributed by atoms with Crippen LogP contribution in [0.4, 0.5) is 0 Å². The van der Waals surface area contributed by atoms with Crippen molar-refractivity contribution in [2.45, 2.75) is 67.9 Å². The molecule has 1 heterocycles. The van der Waals surface area contributed by atoms with E-state index in [1.54, 1.807) is 26.0 Å². The summed E-state index contributed by atoms with van der Waals surface area (Å²) in [6.07, 6.45) is 5.49. The lowest BCUT2D eigenvalue weighted by atomic mass is 10.0. The zero-order valence-corrected chi connectivity index (χ0v) is 23.1.